The first-order chi connectivity index (χ1) is 7.60. The highest BCUT2D eigenvalue weighted by molar-refractivity contribution is 5.43. The molecule has 0 radical (unpaired) electrons. The van der Waals surface area contributed by atoms with Crippen molar-refractivity contribution in [3.63, 3.8) is 0 Å². The van der Waals surface area contributed by atoms with Gasteiger partial charge in [-0.2, -0.15) is 0 Å². The van der Waals surface area contributed by atoms with Crippen LogP contribution in [-0.4, -0.2) is 13.7 Å². The van der Waals surface area contributed by atoms with E-state index in [4.69, 9.17) is 10.5 Å². The van der Waals surface area contributed by atoms with Crippen LogP contribution in [0.3, 0.4) is 0 Å². The third-order valence-electron chi connectivity index (χ3n) is 3.38. The summed E-state index contributed by atoms with van der Waals surface area (Å²) < 4.78 is 5.31. The number of benzene rings is 1. The Bertz CT molecular complexity index is 347. The van der Waals surface area contributed by atoms with Gasteiger partial charge in [-0.25, -0.2) is 0 Å². The van der Waals surface area contributed by atoms with Crippen LogP contribution in [0.25, 0.3) is 0 Å². The maximum absolute atomic E-state index is 5.63. The van der Waals surface area contributed by atoms with Gasteiger partial charge in [0.1, 0.15) is 5.75 Å². The molecule has 0 aromatic heterocycles. The smallest absolute Gasteiger partial charge is 0.122 e. The fourth-order valence-corrected chi connectivity index (χ4v) is 1.86. The van der Waals surface area contributed by atoms with Crippen LogP contribution in [-0.2, 0) is 6.42 Å². The molecule has 0 spiro atoms. The number of ether oxygens (including phenoxy) is 1. The van der Waals surface area contributed by atoms with E-state index < -0.39 is 0 Å². The summed E-state index contributed by atoms with van der Waals surface area (Å²) in [4.78, 5) is 0. The van der Waals surface area contributed by atoms with E-state index in [1.54, 1.807) is 7.11 Å². The number of methoxy groups -OCH3 is 1. The van der Waals surface area contributed by atoms with Crippen LogP contribution in [0, 0.1) is 19.8 Å². The van der Waals surface area contributed by atoms with Crippen molar-refractivity contribution >= 4 is 0 Å². The molecule has 1 rings (SSSR count). The molecular formula is C14H23NO. The van der Waals surface area contributed by atoms with E-state index in [-0.39, 0.29) is 0 Å². The highest BCUT2D eigenvalue weighted by atomic mass is 16.5. The predicted octanol–water partition coefficient (Wildman–Crippen LogP) is 2.84. The molecular weight excluding hydrogens is 198 g/mol. The van der Waals surface area contributed by atoms with Crippen molar-refractivity contribution in [3.8, 4) is 5.75 Å². The number of hydrogen-bond acceptors (Lipinski definition) is 2. The molecule has 2 N–H and O–H groups in total. The monoisotopic (exact) mass is 221 g/mol. The molecule has 1 aromatic carbocycles. The predicted molar refractivity (Wildman–Crippen MR) is 69.0 cm³/mol. The summed E-state index contributed by atoms with van der Waals surface area (Å²) in [5.41, 5.74) is 9.65. The lowest BCUT2D eigenvalue weighted by atomic mass is 9.95. The number of nitrogens with two attached hydrogens (primary N) is 1. The number of hydrogen-bond donors (Lipinski definition) is 1. The summed E-state index contributed by atoms with van der Waals surface area (Å²) in [5.74, 6) is 1.58. The summed E-state index contributed by atoms with van der Waals surface area (Å²) >= 11 is 0. The first-order valence-corrected chi connectivity index (χ1v) is 5.93. The third-order valence-corrected chi connectivity index (χ3v) is 3.38. The van der Waals surface area contributed by atoms with Gasteiger partial charge in [-0.05, 0) is 61.9 Å². The lowest BCUT2D eigenvalue weighted by molar-refractivity contribution is 0.411. The normalized spacial score (nSPS) is 12.6. The molecule has 1 aromatic rings. The first-order valence-electron chi connectivity index (χ1n) is 5.93. The van der Waals surface area contributed by atoms with E-state index in [1.165, 1.54) is 16.7 Å². The second-order valence-electron chi connectivity index (χ2n) is 4.56. The lowest BCUT2D eigenvalue weighted by Gasteiger charge is -2.14. The minimum Gasteiger partial charge on any atom is -0.496 e. The van der Waals surface area contributed by atoms with E-state index in [0.717, 1.165) is 25.1 Å². The summed E-state index contributed by atoms with van der Waals surface area (Å²) in [6.07, 6.45) is 2.26. The fourth-order valence-electron chi connectivity index (χ4n) is 1.86. The van der Waals surface area contributed by atoms with Crippen molar-refractivity contribution in [3.05, 3.63) is 28.8 Å². The Balaban J connectivity index is 2.78. The van der Waals surface area contributed by atoms with Crippen molar-refractivity contribution in [2.24, 2.45) is 11.7 Å². The highest BCUT2D eigenvalue weighted by Crippen LogP contribution is 2.25. The SMILES string of the molecule is COc1ccc(CCC(C)CN)c(C)c1C. The molecule has 90 valence electrons. The van der Waals surface area contributed by atoms with Crippen molar-refractivity contribution < 1.29 is 4.74 Å². The lowest BCUT2D eigenvalue weighted by Crippen LogP contribution is -2.11. The quantitative estimate of drug-likeness (QED) is 0.829. The molecule has 1 unspecified atom stereocenters. The van der Waals surface area contributed by atoms with Crippen LogP contribution in [0.5, 0.6) is 5.75 Å². The molecule has 0 fully saturated rings. The zero-order valence-electron chi connectivity index (χ0n) is 10.8. The fraction of sp³-hybridized carbons (Fsp3) is 0.571. The highest BCUT2D eigenvalue weighted by Gasteiger charge is 2.07. The topological polar surface area (TPSA) is 35.2 Å². The summed E-state index contributed by atoms with van der Waals surface area (Å²) in [6, 6.07) is 4.23. The zero-order valence-corrected chi connectivity index (χ0v) is 10.8. The molecule has 0 bridgehead atoms. The molecule has 1 atom stereocenters. The van der Waals surface area contributed by atoms with Crippen molar-refractivity contribution in [2.75, 3.05) is 13.7 Å². The van der Waals surface area contributed by atoms with Gasteiger partial charge in [-0.1, -0.05) is 13.0 Å². The molecule has 0 saturated heterocycles. The molecule has 0 aliphatic carbocycles. The van der Waals surface area contributed by atoms with Gasteiger partial charge in [0.25, 0.3) is 0 Å². The summed E-state index contributed by atoms with van der Waals surface area (Å²) in [7, 11) is 1.72. The molecule has 16 heavy (non-hydrogen) atoms. The molecule has 0 aliphatic heterocycles. The van der Waals surface area contributed by atoms with Gasteiger partial charge in [0, 0.05) is 0 Å². The average molecular weight is 221 g/mol. The maximum atomic E-state index is 5.63. The molecule has 0 amide bonds. The Kier molecular flexibility index (Phi) is 4.81. The Morgan fingerprint density at radius 1 is 1.25 bits per heavy atom. The largest absolute Gasteiger partial charge is 0.496 e. The van der Waals surface area contributed by atoms with Crippen LogP contribution < -0.4 is 10.5 Å². The van der Waals surface area contributed by atoms with Gasteiger partial charge < -0.3 is 10.5 Å². The van der Waals surface area contributed by atoms with Crippen molar-refractivity contribution in [1.29, 1.82) is 0 Å². The van der Waals surface area contributed by atoms with Crippen LogP contribution in [0.2, 0.25) is 0 Å². The third kappa shape index (κ3) is 2.99. The second-order valence-corrected chi connectivity index (χ2v) is 4.56. The van der Waals surface area contributed by atoms with Crippen molar-refractivity contribution in [2.45, 2.75) is 33.6 Å². The van der Waals surface area contributed by atoms with Crippen LogP contribution in [0.15, 0.2) is 12.1 Å². The summed E-state index contributed by atoms with van der Waals surface area (Å²) in [6.45, 7) is 7.25. The summed E-state index contributed by atoms with van der Waals surface area (Å²) in [5, 5.41) is 0. The van der Waals surface area contributed by atoms with Crippen LogP contribution in [0.1, 0.15) is 30.0 Å². The number of rotatable bonds is 5. The molecule has 2 nitrogen and oxygen atoms in total. The molecule has 0 saturated carbocycles. The Morgan fingerprint density at radius 2 is 1.94 bits per heavy atom. The number of aryl methyl sites for hydroxylation is 1. The van der Waals surface area contributed by atoms with Crippen LogP contribution >= 0.6 is 0 Å². The standard InChI is InChI=1S/C14H23NO/c1-10(9-15)5-6-13-7-8-14(16-4)12(3)11(13)2/h7-8,10H,5-6,9,15H2,1-4H3. The van der Waals surface area contributed by atoms with Gasteiger partial charge >= 0.3 is 0 Å². The average Bonchev–Trinajstić information content (AvgIpc) is 2.30. The van der Waals surface area contributed by atoms with Gasteiger partial charge in [0.2, 0.25) is 0 Å². The Labute approximate surface area is 98.8 Å². The van der Waals surface area contributed by atoms with Crippen LogP contribution in [0.4, 0.5) is 0 Å². The Hall–Kier alpha value is -1.02. The van der Waals surface area contributed by atoms with E-state index in [9.17, 15) is 0 Å². The molecule has 2 heteroatoms. The molecule has 0 heterocycles. The van der Waals surface area contributed by atoms with Gasteiger partial charge in [0.15, 0.2) is 0 Å². The second kappa shape index (κ2) is 5.90. The van der Waals surface area contributed by atoms with Gasteiger partial charge in [-0.15, -0.1) is 0 Å². The van der Waals surface area contributed by atoms with E-state index in [0.29, 0.717) is 5.92 Å². The minimum atomic E-state index is 0.599. The zero-order chi connectivity index (χ0) is 12.1. The maximum Gasteiger partial charge on any atom is 0.122 e. The van der Waals surface area contributed by atoms with E-state index in [1.807, 2.05) is 0 Å². The van der Waals surface area contributed by atoms with E-state index >= 15 is 0 Å². The first kappa shape index (κ1) is 13.0. The minimum absolute atomic E-state index is 0.599. The van der Waals surface area contributed by atoms with Gasteiger partial charge in [0.05, 0.1) is 7.11 Å². The van der Waals surface area contributed by atoms with Gasteiger partial charge in [-0.3, -0.25) is 0 Å². The Morgan fingerprint density at radius 3 is 2.50 bits per heavy atom. The van der Waals surface area contributed by atoms with E-state index in [2.05, 4.69) is 32.9 Å². The molecule has 0 aliphatic rings. The van der Waals surface area contributed by atoms with Crippen molar-refractivity contribution in [1.82, 2.24) is 0 Å².